The fraction of sp³-hybridized carbons (Fsp3) is 0.206. The van der Waals surface area contributed by atoms with E-state index in [0.717, 1.165) is 11.4 Å². The average Bonchev–Trinajstić information content (AvgIpc) is 3.44. The van der Waals surface area contributed by atoms with E-state index in [1.807, 2.05) is 6.20 Å². The first kappa shape index (κ1) is 23.3. The molecule has 0 aliphatic rings. The standard InChI is InChI=1S/C34H33N3/c1-20-16-22(3)32(23(4)17-20)36-15-14-35-34(36)27-18-24(5)33(25(6)19-27)37-29-11-9-8-10-28(29)31-26(7)21(2)12-13-30(31)37/h8-19H,1-7H3. The molecule has 0 bridgehead atoms. The molecule has 0 saturated heterocycles. The average molecular weight is 484 g/mol. The number of hydrogen-bond donors (Lipinski definition) is 0. The second kappa shape index (κ2) is 8.48. The minimum atomic E-state index is 0.974. The van der Waals surface area contributed by atoms with Crippen molar-refractivity contribution in [2.24, 2.45) is 0 Å². The molecule has 4 aromatic carbocycles. The van der Waals surface area contributed by atoms with Crippen LogP contribution in [0.3, 0.4) is 0 Å². The first-order valence-corrected chi connectivity index (χ1v) is 13.0. The maximum atomic E-state index is 4.82. The summed E-state index contributed by atoms with van der Waals surface area (Å²) < 4.78 is 4.69. The first-order valence-electron chi connectivity index (χ1n) is 13.0. The number of benzene rings is 4. The Kier molecular flexibility index (Phi) is 5.34. The zero-order valence-corrected chi connectivity index (χ0v) is 22.8. The lowest BCUT2D eigenvalue weighted by Crippen LogP contribution is -2.04. The molecule has 0 aliphatic heterocycles. The maximum Gasteiger partial charge on any atom is 0.144 e. The Balaban J connectivity index is 1.58. The van der Waals surface area contributed by atoms with Crippen molar-refractivity contribution in [3.8, 4) is 22.8 Å². The molecule has 0 amide bonds. The van der Waals surface area contributed by atoms with Crippen LogP contribution < -0.4 is 0 Å². The molecule has 3 nitrogen and oxygen atoms in total. The third-order valence-electron chi connectivity index (χ3n) is 7.86. The molecule has 0 radical (unpaired) electrons. The van der Waals surface area contributed by atoms with Gasteiger partial charge in [-0.05, 0) is 106 Å². The number of aryl methyl sites for hydroxylation is 7. The Hall–Kier alpha value is -4.11. The van der Waals surface area contributed by atoms with Crippen molar-refractivity contribution in [3.63, 3.8) is 0 Å². The predicted octanol–water partition coefficient (Wildman–Crippen LogP) is 8.80. The zero-order valence-electron chi connectivity index (χ0n) is 22.8. The number of fused-ring (bicyclic) bond motifs is 3. The molecule has 0 spiro atoms. The Bertz CT molecular complexity index is 1800. The van der Waals surface area contributed by atoms with Crippen LogP contribution in [0.2, 0.25) is 0 Å². The predicted molar refractivity (Wildman–Crippen MR) is 156 cm³/mol. The van der Waals surface area contributed by atoms with Crippen molar-refractivity contribution in [1.29, 1.82) is 0 Å². The molecule has 6 rings (SSSR count). The fourth-order valence-corrected chi connectivity index (χ4v) is 6.27. The number of rotatable bonds is 3. The van der Waals surface area contributed by atoms with Crippen LogP contribution in [0.15, 0.2) is 73.1 Å². The second-order valence-electron chi connectivity index (χ2n) is 10.6. The van der Waals surface area contributed by atoms with E-state index in [0.29, 0.717) is 0 Å². The molecule has 184 valence electrons. The van der Waals surface area contributed by atoms with Crippen LogP contribution in [0.4, 0.5) is 0 Å². The molecule has 0 fully saturated rings. The summed E-state index contributed by atoms with van der Waals surface area (Å²) in [5, 5.41) is 2.65. The number of imidazole rings is 1. The lowest BCUT2D eigenvalue weighted by atomic mass is 10.0. The van der Waals surface area contributed by atoms with Gasteiger partial charge in [0.05, 0.1) is 22.4 Å². The Morgan fingerprint density at radius 3 is 1.97 bits per heavy atom. The fourth-order valence-electron chi connectivity index (χ4n) is 6.27. The van der Waals surface area contributed by atoms with Gasteiger partial charge in [0.15, 0.2) is 0 Å². The van der Waals surface area contributed by atoms with E-state index in [1.165, 1.54) is 72.1 Å². The summed E-state index contributed by atoms with van der Waals surface area (Å²) >= 11 is 0. The van der Waals surface area contributed by atoms with Crippen LogP contribution in [0, 0.1) is 48.5 Å². The van der Waals surface area contributed by atoms with Crippen LogP contribution in [0.5, 0.6) is 0 Å². The molecule has 0 aliphatic carbocycles. The smallest absolute Gasteiger partial charge is 0.144 e. The Morgan fingerprint density at radius 2 is 1.27 bits per heavy atom. The van der Waals surface area contributed by atoms with Gasteiger partial charge < -0.3 is 4.57 Å². The molecule has 2 heterocycles. The molecule has 0 unspecified atom stereocenters. The van der Waals surface area contributed by atoms with E-state index in [1.54, 1.807) is 0 Å². The number of hydrogen-bond acceptors (Lipinski definition) is 1. The summed E-state index contributed by atoms with van der Waals surface area (Å²) in [4.78, 5) is 4.82. The van der Waals surface area contributed by atoms with Crippen molar-refractivity contribution in [1.82, 2.24) is 14.1 Å². The monoisotopic (exact) mass is 483 g/mol. The van der Waals surface area contributed by atoms with Gasteiger partial charge in [0.2, 0.25) is 0 Å². The van der Waals surface area contributed by atoms with Gasteiger partial charge in [-0.3, -0.25) is 4.57 Å². The second-order valence-corrected chi connectivity index (χ2v) is 10.6. The molecular formula is C34H33N3. The van der Waals surface area contributed by atoms with Crippen LogP contribution in [-0.4, -0.2) is 14.1 Å². The summed E-state index contributed by atoms with van der Waals surface area (Å²) in [7, 11) is 0. The first-order chi connectivity index (χ1) is 17.8. The third-order valence-corrected chi connectivity index (χ3v) is 7.86. The quantitative estimate of drug-likeness (QED) is 0.247. The lowest BCUT2D eigenvalue weighted by molar-refractivity contribution is 1.02. The highest BCUT2D eigenvalue weighted by Gasteiger charge is 2.19. The molecule has 37 heavy (non-hydrogen) atoms. The van der Waals surface area contributed by atoms with Crippen molar-refractivity contribution in [3.05, 3.63) is 112 Å². The van der Waals surface area contributed by atoms with E-state index in [9.17, 15) is 0 Å². The summed E-state index contributed by atoms with van der Waals surface area (Å²) in [6.07, 6.45) is 3.99. The number of aromatic nitrogens is 3. The molecule has 0 N–H and O–H groups in total. The highest BCUT2D eigenvalue weighted by molar-refractivity contribution is 6.11. The highest BCUT2D eigenvalue weighted by atomic mass is 15.1. The van der Waals surface area contributed by atoms with Gasteiger partial charge in [-0.25, -0.2) is 4.98 Å². The molecule has 0 saturated carbocycles. The van der Waals surface area contributed by atoms with E-state index in [2.05, 4.69) is 124 Å². The van der Waals surface area contributed by atoms with E-state index in [-0.39, 0.29) is 0 Å². The summed E-state index contributed by atoms with van der Waals surface area (Å²) in [6.45, 7) is 15.4. The molecule has 2 aromatic heterocycles. The van der Waals surface area contributed by atoms with Crippen molar-refractivity contribution >= 4 is 21.8 Å². The van der Waals surface area contributed by atoms with Crippen LogP contribution in [0.25, 0.3) is 44.6 Å². The van der Waals surface area contributed by atoms with Gasteiger partial charge in [0.1, 0.15) is 5.82 Å². The Labute approximate surface area is 219 Å². The topological polar surface area (TPSA) is 22.8 Å². The van der Waals surface area contributed by atoms with Gasteiger partial charge in [-0.1, -0.05) is 42.0 Å². The SMILES string of the molecule is Cc1cc(C)c(-n2ccnc2-c2cc(C)c(-n3c4ccccc4c4c(C)c(C)ccc43)c(C)c2)c(C)c1. The molecule has 0 atom stereocenters. The van der Waals surface area contributed by atoms with Crippen LogP contribution in [-0.2, 0) is 0 Å². The van der Waals surface area contributed by atoms with E-state index >= 15 is 0 Å². The Morgan fingerprint density at radius 1 is 0.622 bits per heavy atom. The molecule has 3 heteroatoms. The summed E-state index contributed by atoms with van der Waals surface area (Å²) in [6, 6.07) is 22.4. The van der Waals surface area contributed by atoms with Gasteiger partial charge in [0.25, 0.3) is 0 Å². The highest BCUT2D eigenvalue weighted by Crippen LogP contribution is 2.38. The van der Waals surface area contributed by atoms with Gasteiger partial charge in [-0.15, -0.1) is 0 Å². The summed E-state index contributed by atoms with van der Waals surface area (Å²) in [5.41, 5.74) is 15.1. The maximum absolute atomic E-state index is 4.82. The van der Waals surface area contributed by atoms with E-state index in [4.69, 9.17) is 4.98 Å². The minimum Gasteiger partial charge on any atom is -0.309 e. The largest absolute Gasteiger partial charge is 0.309 e. The van der Waals surface area contributed by atoms with Crippen LogP contribution in [0.1, 0.15) is 38.9 Å². The third kappa shape index (κ3) is 3.53. The normalized spacial score (nSPS) is 11.6. The van der Waals surface area contributed by atoms with Gasteiger partial charge in [0, 0.05) is 28.7 Å². The summed E-state index contributed by atoms with van der Waals surface area (Å²) in [5.74, 6) is 0.974. The number of para-hydroxylation sites is 1. The van der Waals surface area contributed by atoms with E-state index < -0.39 is 0 Å². The molecular weight excluding hydrogens is 450 g/mol. The number of nitrogens with zero attached hydrogens (tertiary/aromatic N) is 3. The zero-order chi connectivity index (χ0) is 26.0. The van der Waals surface area contributed by atoms with Gasteiger partial charge in [-0.2, -0.15) is 0 Å². The molecule has 6 aromatic rings. The minimum absolute atomic E-state index is 0.974. The van der Waals surface area contributed by atoms with Gasteiger partial charge >= 0.3 is 0 Å². The van der Waals surface area contributed by atoms with Crippen LogP contribution >= 0.6 is 0 Å². The van der Waals surface area contributed by atoms with Crippen molar-refractivity contribution in [2.45, 2.75) is 48.5 Å². The lowest BCUT2D eigenvalue weighted by Gasteiger charge is -2.18. The van der Waals surface area contributed by atoms with Crippen molar-refractivity contribution < 1.29 is 0 Å². The van der Waals surface area contributed by atoms with Crippen molar-refractivity contribution in [2.75, 3.05) is 0 Å².